The smallest absolute Gasteiger partial charge is 0.242 e. The number of amides is 1. The molecule has 2 N–H and O–H groups in total. The lowest BCUT2D eigenvalue weighted by Crippen LogP contribution is -2.52. The lowest BCUT2D eigenvalue weighted by atomic mass is 9.91. The van der Waals surface area contributed by atoms with Crippen LogP contribution >= 0.6 is 0 Å². The van der Waals surface area contributed by atoms with Crippen LogP contribution in [0.2, 0.25) is 0 Å². The summed E-state index contributed by atoms with van der Waals surface area (Å²) in [5.74, 6) is 0.419. The number of nitrogens with one attached hydrogen (secondary N) is 2. The Bertz CT molecular complexity index is 397. The first kappa shape index (κ1) is 15.0. The minimum absolute atomic E-state index is 0.0574. The van der Waals surface area contributed by atoms with Crippen LogP contribution in [-0.4, -0.2) is 53.3 Å². The molecular formula is C14H24N4O2. The van der Waals surface area contributed by atoms with E-state index >= 15 is 0 Å². The van der Waals surface area contributed by atoms with Crippen molar-refractivity contribution in [2.24, 2.45) is 5.92 Å². The number of ether oxygens (including phenoxy) is 1. The number of aromatic amines is 1. The van der Waals surface area contributed by atoms with Gasteiger partial charge in [0.15, 0.2) is 0 Å². The average Bonchev–Trinajstić information content (AvgIpc) is 2.98. The second-order valence-corrected chi connectivity index (χ2v) is 5.15. The number of anilines is 1. The fourth-order valence-corrected chi connectivity index (χ4v) is 2.80. The molecule has 0 bridgehead atoms. The average molecular weight is 280 g/mol. The molecular weight excluding hydrogens is 256 g/mol. The van der Waals surface area contributed by atoms with Gasteiger partial charge in [-0.25, -0.2) is 0 Å². The summed E-state index contributed by atoms with van der Waals surface area (Å²) in [5.41, 5.74) is 0.721. The first-order valence-corrected chi connectivity index (χ1v) is 7.37. The summed E-state index contributed by atoms with van der Waals surface area (Å²) < 4.78 is 5.39. The highest BCUT2D eigenvalue weighted by Crippen LogP contribution is 2.21. The van der Waals surface area contributed by atoms with Gasteiger partial charge in [-0.2, -0.15) is 5.10 Å². The molecule has 0 saturated carbocycles. The van der Waals surface area contributed by atoms with E-state index in [2.05, 4.69) is 34.3 Å². The van der Waals surface area contributed by atoms with E-state index in [-0.39, 0.29) is 11.9 Å². The Morgan fingerprint density at radius 1 is 1.45 bits per heavy atom. The van der Waals surface area contributed by atoms with Crippen molar-refractivity contribution >= 4 is 11.6 Å². The third-order valence-electron chi connectivity index (χ3n) is 3.97. The number of hydrogen-bond acceptors (Lipinski definition) is 4. The highest BCUT2D eigenvalue weighted by atomic mass is 16.5. The second kappa shape index (κ2) is 7.40. The zero-order valence-corrected chi connectivity index (χ0v) is 12.3. The number of hydrogen-bond donors (Lipinski definition) is 2. The summed E-state index contributed by atoms with van der Waals surface area (Å²) in [5, 5.41) is 9.52. The SMILES string of the molecule is CCC(CC)C(C(=O)Nc1cn[nH]c1)N1CCOCC1. The number of aromatic nitrogens is 2. The maximum atomic E-state index is 12.6. The van der Waals surface area contributed by atoms with Gasteiger partial charge in [-0.05, 0) is 5.92 Å². The first-order chi connectivity index (χ1) is 9.76. The maximum absolute atomic E-state index is 12.6. The van der Waals surface area contributed by atoms with Crippen LogP contribution in [0.1, 0.15) is 26.7 Å². The number of rotatable bonds is 6. The van der Waals surface area contributed by atoms with Gasteiger partial charge >= 0.3 is 0 Å². The van der Waals surface area contributed by atoms with Crippen LogP contribution in [0.4, 0.5) is 5.69 Å². The zero-order chi connectivity index (χ0) is 14.4. The van der Waals surface area contributed by atoms with E-state index in [9.17, 15) is 4.79 Å². The van der Waals surface area contributed by atoms with E-state index in [0.29, 0.717) is 19.1 Å². The van der Waals surface area contributed by atoms with E-state index in [4.69, 9.17) is 4.74 Å². The third kappa shape index (κ3) is 3.58. The first-order valence-electron chi connectivity index (χ1n) is 7.37. The monoisotopic (exact) mass is 280 g/mol. The fourth-order valence-electron chi connectivity index (χ4n) is 2.80. The Morgan fingerprint density at radius 2 is 2.15 bits per heavy atom. The second-order valence-electron chi connectivity index (χ2n) is 5.15. The van der Waals surface area contributed by atoms with E-state index in [1.807, 2.05) is 0 Å². The largest absolute Gasteiger partial charge is 0.379 e. The summed E-state index contributed by atoms with van der Waals surface area (Å²) in [7, 11) is 0. The molecule has 1 saturated heterocycles. The molecule has 6 nitrogen and oxygen atoms in total. The molecule has 20 heavy (non-hydrogen) atoms. The third-order valence-corrected chi connectivity index (χ3v) is 3.97. The van der Waals surface area contributed by atoms with Crippen LogP contribution in [0.3, 0.4) is 0 Å². The van der Waals surface area contributed by atoms with Crippen molar-refractivity contribution in [3.8, 4) is 0 Å². The highest BCUT2D eigenvalue weighted by Gasteiger charge is 2.32. The summed E-state index contributed by atoms with van der Waals surface area (Å²) in [6.07, 6.45) is 5.32. The number of carbonyl (C=O) groups excluding carboxylic acids is 1. The van der Waals surface area contributed by atoms with Crippen LogP contribution in [0, 0.1) is 5.92 Å². The number of H-pyrrole nitrogens is 1. The van der Waals surface area contributed by atoms with Gasteiger partial charge in [-0.1, -0.05) is 26.7 Å². The standard InChI is InChI=1S/C14H24N4O2/c1-3-11(4-2)13(18-5-7-20-8-6-18)14(19)17-12-9-15-16-10-12/h9-11,13H,3-8H2,1-2H3,(H,15,16)(H,17,19). The van der Waals surface area contributed by atoms with E-state index in [1.165, 1.54) is 0 Å². The van der Waals surface area contributed by atoms with Crippen molar-refractivity contribution < 1.29 is 9.53 Å². The minimum atomic E-state index is -0.0937. The van der Waals surface area contributed by atoms with E-state index < -0.39 is 0 Å². The normalized spacial score (nSPS) is 18.1. The Hall–Kier alpha value is -1.40. The van der Waals surface area contributed by atoms with Crippen molar-refractivity contribution in [2.75, 3.05) is 31.6 Å². The van der Waals surface area contributed by atoms with E-state index in [0.717, 1.165) is 31.6 Å². The molecule has 1 aromatic heterocycles. The molecule has 0 radical (unpaired) electrons. The summed E-state index contributed by atoms with van der Waals surface area (Å²) in [6, 6.07) is -0.0937. The van der Waals surface area contributed by atoms with Gasteiger partial charge in [0.1, 0.15) is 0 Å². The summed E-state index contributed by atoms with van der Waals surface area (Å²) in [6.45, 7) is 7.34. The lowest BCUT2D eigenvalue weighted by molar-refractivity contribution is -0.125. The minimum Gasteiger partial charge on any atom is -0.379 e. The van der Waals surface area contributed by atoms with Crippen LogP contribution < -0.4 is 5.32 Å². The van der Waals surface area contributed by atoms with E-state index in [1.54, 1.807) is 12.4 Å². The molecule has 0 aromatic carbocycles. The van der Waals surface area contributed by atoms with Gasteiger partial charge in [0.05, 0.1) is 31.1 Å². The molecule has 2 heterocycles. The van der Waals surface area contributed by atoms with Crippen molar-refractivity contribution in [3.63, 3.8) is 0 Å². The lowest BCUT2D eigenvalue weighted by Gasteiger charge is -2.37. The van der Waals surface area contributed by atoms with Gasteiger partial charge in [-0.15, -0.1) is 0 Å². The Balaban J connectivity index is 2.09. The van der Waals surface area contributed by atoms with Gasteiger partial charge < -0.3 is 10.1 Å². The molecule has 0 aliphatic carbocycles. The van der Waals surface area contributed by atoms with Crippen LogP contribution in [0.15, 0.2) is 12.4 Å². The summed E-state index contributed by atoms with van der Waals surface area (Å²) in [4.78, 5) is 14.9. The van der Waals surface area contributed by atoms with Gasteiger partial charge in [-0.3, -0.25) is 14.8 Å². The fraction of sp³-hybridized carbons (Fsp3) is 0.714. The molecule has 1 atom stereocenters. The van der Waals surface area contributed by atoms with Gasteiger partial charge in [0.2, 0.25) is 5.91 Å². The number of carbonyl (C=O) groups is 1. The van der Waals surface area contributed by atoms with Crippen LogP contribution in [-0.2, 0) is 9.53 Å². The predicted octanol–water partition coefficient (Wildman–Crippen LogP) is 1.49. The molecule has 6 heteroatoms. The maximum Gasteiger partial charge on any atom is 0.242 e. The Labute approximate surface area is 119 Å². The topological polar surface area (TPSA) is 70.2 Å². The Morgan fingerprint density at radius 3 is 2.70 bits per heavy atom. The summed E-state index contributed by atoms with van der Waals surface area (Å²) >= 11 is 0. The molecule has 0 spiro atoms. The van der Waals surface area contributed by atoms with Crippen molar-refractivity contribution in [1.29, 1.82) is 0 Å². The van der Waals surface area contributed by atoms with Crippen molar-refractivity contribution in [3.05, 3.63) is 12.4 Å². The zero-order valence-electron chi connectivity index (χ0n) is 12.3. The molecule has 112 valence electrons. The Kier molecular flexibility index (Phi) is 5.55. The molecule has 1 amide bonds. The molecule has 1 aromatic rings. The van der Waals surface area contributed by atoms with Crippen LogP contribution in [0.25, 0.3) is 0 Å². The molecule has 1 aliphatic rings. The molecule has 2 rings (SSSR count). The number of morpholine rings is 1. The van der Waals surface area contributed by atoms with Crippen LogP contribution in [0.5, 0.6) is 0 Å². The highest BCUT2D eigenvalue weighted by molar-refractivity contribution is 5.94. The van der Waals surface area contributed by atoms with Gasteiger partial charge in [0.25, 0.3) is 0 Å². The van der Waals surface area contributed by atoms with Crippen molar-refractivity contribution in [2.45, 2.75) is 32.7 Å². The van der Waals surface area contributed by atoms with Gasteiger partial charge in [0, 0.05) is 19.3 Å². The van der Waals surface area contributed by atoms with Crippen molar-refractivity contribution in [1.82, 2.24) is 15.1 Å². The molecule has 1 unspecified atom stereocenters. The molecule has 1 aliphatic heterocycles. The number of nitrogens with zero attached hydrogens (tertiary/aromatic N) is 2. The molecule has 1 fully saturated rings. The quantitative estimate of drug-likeness (QED) is 0.828. The predicted molar refractivity (Wildman–Crippen MR) is 77.5 cm³/mol.